The highest BCUT2D eigenvalue weighted by Crippen LogP contribution is 2.21. The van der Waals surface area contributed by atoms with Crippen molar-refractivity contribution in [3.8, 4) is 5.75 Å². The predicted octanol–water partition coefficient (Wildman–Crippen LogP) is 1.94. The summed E-state index contributed by atoms with van der Waals surface area (Å²) < 4.78 is 1.50. The van der Waals surface area contributed by atoms with E-state index in [1.807, 2.05) is 19.9 Å². The van der Waals surface area contributed by atoms with Crippen LogP contribution >= 0.6 is 0 Å². The van der Waals surface area contributed by atoms with E-state index in [-0.39, 0.29) is 11.6 Å². The molecule has 0 aliphatic heterocycles. The van der Waals surface area contributed by atoms with Crippen molar-refractivity contribution in [1.82, 2.24) is 25.0 Å². The SMILES string of the molecule is C=CCc1cccc(C=NNC(=O)c2nc3nc(C)cc(C)n3n2)c1O. The highest BCUT2D eigenvalue weighted by molar-refractivity contribution is 5.92. The van der Waals surface area contributed by atoms with Crippen LogP contribution in [0.4, 0.5) is 0 Å². The number of hydrogen-bond acceptors (Lipinski definition) is 6. The third-order valence-corrected chi connectivity index (χ3v) is 3.71. The van der Waals surface area contributed by atoms with Gasteiger partial charge in [0, 0.05) is 17.0 Å². The average molecular weight is 350 g/mol. The highest BCUT2D eigenvalue weighted by atomic mass is 16.3. The van der Waals surface area contributed by atoms with Crippen molar-refractivity contribution in [2.45, 2.75) is 20.3 Å². The lowest BCUT2D eigenvalue weighted by atomic mass is 10.1. The molecule has 0 aliphatic carbocycles. The van der Waals surface area contributed by atoms with Crippen LogP contribution in [0.2, 0.25) is 0 Å². The monoisotopic (exact) mass is 350 g/mol. The van der Waals surface area contributed by atoms with E-state index in [0.717, 1.165) is 17.0 Å². The normalized spacial score (nSPS) is 11.2. The van der Waals surface area contributed by atoms with E-state index in [9.17, 15) is 9.90 Å². The number of hydrogen-bond donors (Lipinski definition) is 2. The summed E-state index contributed by atoms with van der Waals surface area (Å²) in [5, 5.41) is 18.2. The van der Waals surface area contributed by atoms with Crippen molar-refractivity contribution in [2.24, 2.45) is 5.10 Å². The van der Waals surface area contributed by atoms with Gasteiger partial charge >= 0.3 is 5.91 Å². The van der Waals surface area contributed by atoms with Gasteiger partial charge in [-0.25, -0.2) is 14.9 Å². The molecule has 1 amide bonds. The molecule has 132 valence electrons. The number of hydrazone groups is 1. The number of para-hydroxylation sites is 1. The summed E-state index contributed by atoms with van der Waals surface area (Å²) in [5.41, 5.74) is 5.19. The molecule has 0 saturated heterocycles. The maximum Gasteiger partial charge on any atom is 0.311 e. The molecule has 26 heavy (non-hydrogen) atoms. The Kier molecular flexibility index (Phi) is 4.74. The Morgan fingerprint density at radius 1 is 1.38 bits per heavy atom. The zero-order valence-electron chi connectivity index (χ0n) is 14.5. The summed E-state index contributed by atoms with van der Waals surface area (Å²) in [7, 11) is 0. The Morgan fingerprint density at radius 2 is 2.19 bits per heavy atom. The lowest BCUT2D eigenvalue weighted by molar-refractivity contribution is 0.0945. The number of carbonyl (C=O) groups is 1. The van der Waals surface area contributed by atoms with Gasteiger partial charge in [-0.1, -0.05) is 18.2 Å². The van der Waals surface area contributed by atoms with Gasteiger partial charge in [0.2, 0.25) is 5.82 Å². The number of rotatable bonds is 5. The molecule has 2 aromatic heterocycles. The van der Waals surface area contributed by atoms with Crippen LogP contribution < -0.4 is 5.43 Å². The summed E-state index contributed by atoms with van der Waals surface area (Å²) in [6.45, 7) is 7.35. The van der Waals surface area contributed by atoms with Crippen molar-refractivity contribution in [1.29, 1.82) is 0 Å². The fourth-order valence-corrected chi connectivity index (χ4v) is 2.51. The van der Waals surface area contributed by atoms with Gasteiger partial charge in [0.15, 0.2) is 0 Å². The molecule has 2 N–H and O–H groups in total. The van der Waals surface area contributed by atoms with E-state index in [0.29, 0.717) is 17.8 Å². The fourth-order valence-electron chi connectivity index (χ4n) is 2.51. The predicted molar refractivity (Wildman–Crippen MR) is 97.3 cm³/mol. The van der Waals surface area contributed by atoms with Gasteiger partial charge in [-0.3, -0.25) is 4.79 Å². The lowest BCUT2D eigenvalue weighted by Crippen LogP contribution is -2.19. The lowest BCUT2D eigenvalue weighted by Gasteiger charge is -2.04. The number of aromatic hydroxyl groups is 1. The number of benzene rings is 1. The van der Waals surface area contributed by atoms with E-state index in [1.54, 1.807) is 24.3 Å². The number of aryl methyl sites for hydroxylation is 2. The summed E-state index contributed by atoms with van der Waals surface area (Å²) in [4.78, 5) is 20.5. The van der Waals surface area contributed by atoms with Crippen molar-refractivity contribution >= 4 is 17.9 Å². The Balaban J connectivity index is 1.77. The minimum atomic E-state index is -0.564. The number of nitrogens with one attached hydrogen (secondary N) is 1. The van der Waals surface area contributed by atoms with Gasteiger partial charge in [-0.2, -0.15) is 10.1 Å². The van der Waals surface area contributed by atoms with E-state index in [4.69, 9.17) is 0 Å². The zero-order valence-corrected chi connectivity index (χ0v) is 14.5. The first kappa shape index (κ1) is 17.3. The van der Waals surface area contributed by atoms with E-state index < -0.39 is 5.91 Å². The molecule has 3 aromatic rings. The molecule has 0 saturated carbocycles. The van der Waals surface area contributed by atoms with Gasteiger partial charge in [-0.05, 0) is 38.0 Å². The number of phenolic OH excluding ortho intramolecular Hbond substituents is 1. The Labute approximate surface area is 149 Å². The number of allylic oxidation sites excluding steroid dienone is 1. The summed E-state index contributed by atoms with van der Waals surface area (Å²) >= 11 is 0. The molecule has 0 aliphatic rings. The average Bonchev–Trinajstić information content (AvgIpc) is 3.02. The first-order chi connectivity index (χ1) is 12.5. The number of phenols is 1. The largest absolute Gasteiger partial charge is 0.507 e. The van der Waals surface area contributed by atoms with E-state index >= 15 is 0 Å². The molecular weight excluding hydrogens is 332 g/mol. The van der Waals surface area contributed by atoms with Crippen LogP contribution in [0, 0.1) is 13.8 Å². The van der Waals surface area contributed by atoms with Gasteiger partial charge in [-0.15, -0.1) is 11.7 Å². The van der Waals surface area contributed by atoms with Gasteiger partial charge in [0.25, 0.3) is 5.78 Å². The number of aromatic nitrogens is 4. The van der Waals surface area contributed by atoms with Gasteiger partial charge < -0.3 is 5.11 Å². The molecule has 0 spiro atoms. The topological polar surface area (TPSA) is 105 Å². The Hall–Kier alpha value is -3.55. The van der Waals surface area contributed by atoms with Crippen LogP contribution in [-0.4, -0.2) is 36.8 Å². The molecule has 8 nitrogen and oxygen atoms in total. The van der Waals surface area contributed by atoms with Crippen molar-refractivity contribution in [3.05, 3.63) is 65.3 Å². The van der Waals surface area contributed by atoms with Crippen molar-refractivity contribution in [3.63, 3.8) is 0 Å². The Morgan fingerprint density at radius 3 is 2.96 bits per heavy atom. The van der Waals surface area contributed by atoms with Crippen LogP contribution in [0.5, 0.6) is 5.75 Å². The fraction of sp³-hybridized carbons (Fsp3) is 0.167. The van der Waals surface area contributed by atoms with Crippen LogP contribution in [0.1, 0.15) is 33.1 Å². The second-order valence-electron chi connectivity index (χ2n) is 5.73. The third-order valence-electron chi connectivity index (χ3n) is 3.71. The molecule has 0 atom stereocenters. The van der Waals surface area contributed by atoms with Crippen molar-refractivity contribution in [2.75, 3.05) is 0 Å². The summed E-state index contributed by atoms with van der Waals surface area (Å²) in [6, 6.07) is 7.13. The number of nitrogens with zero attached hydrogens (tertiary/aromatic N) is 5. The minimum absolute atomic E-state index is 0.0343. The maximum atomic E-state index is 12.2. The van der Waals surface area contributed by atoms with E-state index in [2.05, 4.69) is 32.2 Å². The highest BCUT2D eigenvalue weighted by Gasteiger charge is 2.14. The third kappa shape index (κ3) is 3.44. The second-order valence-corrected chi connectivity index (χ2v) is 5.73. The standard InChI is InChI=1S/C18H18N6O2/c1-4-6-13-7-5-8-14(15(13)25)10-19-22-17(26)16-21-18-20-11(2)9-12(3)24(18)23-16/h4-5,7-10,25H,1,6H2,2-3H3,(H,22,26). The smallest absolute Gasteiger partial charge is 0.311 e. The molecule has 3 rings (SSSR count). The molecule has 0 bridgehead atoms. The summed E-state index contributed by atoms with van der Waals surface area (Å²) in [6.07, 6.45) is 3.60. The maximum absolute atomic E-state index is 12.2. The van der Waals surface area contributed by atoms with Crippen LogP contribution in [0.25, 0.3) is 5.78 Å². The molecule has 0 fully saturated rings. The molecule has 0 radical (unpaired) electrons. The number of fused-ring (bicyclic) bond motifs is 1. The second kappa shape index (κ2) is 7.14. The molecule has 8 heteroatoms. The van der Waals surface area contributed by atoms with Crippen LogP contribution in [0.15, 0.2) is 42.0 Å². The Bertz CT molecular complexity index is 1020. The van der Waals surface area contributed by atoms with Crippen molar-refractivity contribution < 1.29 is 9.90 Å². The van der Waals surface area contributed by atoms with E-state index in [1.165, 1.54) is 10.7 Å². The van der Waals surface area contributed by atoms with Crippen LogP contribution in [-0.2, 0) is 6.42 Å². The quantitative estimate of drug-likeness (QED) is 0.416. The van der Waals surface area contributed by atoms with Crippen LogP contribution in [0.3, 0.4) is 0 Å². The number of carbonyl (C=O) groups excluding carboxylic acids is 1. The minimum Gasteiger partial charge on any atom is -0.507 e. The first-order valence-corrected chi connectivity index (χ1v) is 7.95. The molecule has 2 heterocycles. The first-order valence-electron chi connectivity index (χ1n) is 7.95. The molecular formula is C18H18N6O2. The van der Waals surface area contributed by atoms with Gasteiger partial charge in [0.05, 0.1) is 6.21 Å². The summed E-state index contributed by atoms with van der Waals surface area (Å²) in [5.74, 6) is -0.142. The number of amides is 1. The van der Waals surface area contributed by atoms with Gasteiger partial charge in [0.1, 0.15) is 5.75 Å². The zero-order chi connectivity index (χ0) is 18.7. The molecule has 1 aromatic carbocycles. The molecule has 0 unspecified atom stereocenters.